The Balaban J connectivity index is 1.67. The van der Waals surface area contributed by atoms with Crippen LogP contribution in [0.25, 0.3) is 10.2 Å². The summed E-state index contributed by atoms with van der Waals surface area (Å²) in [6.07, 6.45) is 0. The third kappa shape index (κ3) is 3.54. The topological polar surface area (TPSA) is 84.1 Å². The highest BCUT2D eigenvalue weighted by molar-refractivity contribution is 7.99. The Hall–Kier alpha value is -2.32. The molecule has 0 fully saturated rings. The fourth-order valence-electron chi connectivity index (χ4n) is 1.98. The second-order valence-electron chi connectivity index (χ2n) is 4.55. The van der Waals surface area contributed by atoms with Crippen molar-refractivity contribution in [3.63, 3.8) is 0 Å². The van der Waals surface area contributed by atoms with Gasteiger partial charge in [0.05, 0.1) is 23.9 Å². The van der Waals surface area contributed by atoms with E-state index >= 15 is 0 Å². The van der Waals surface area contributed by atoms with Crippen molar-refractivity contribution in [2.45, 2.75) is 5.16 Å². The van der Waals surface area contributed by atoms with Crippen LogP contribution in [0.5, 0.6) is 5.75 Å². The molecule has 0 aliphatic heterocycles. The number of carbonyl (C=O) groups is 1. The Morgan fingerprint density at radius 2 is 2.22 bits per heavy atom. The Labute approximate surface area is 139 Å². The molecular weight excluding hydrogens is 334 g/mol. The van der Waals surface area contributed by atoms with Crippen LogP contribution in [0.2, 0.25) is 0 Å². The molecule has 3 aromatic rings. The van der Waals surface area contributed by atoms with Crippen molar-refractivity contribution >= 4 is 44.9 Å². The van der Waals surface area contributed by atoms with Gasteiger partial charge in [-0.2, -0.15) is 0 Å². The molecule has 2 N–H and O–H groups in total. The minimum absolute atomic E-state index is 0.137. The molecule has 0 aliphatic rings. The molecule has 118 valence electrons. The van der Waals surface area contributed by atoms with E-state index in [2.05, 4.69) is 15.3 Å². The van der Waals surface area contributed by atoms with E-state index in [-0.39, 0.29) is 17.2 Å². The third-order valence-electron chi connectivity index (χ3n) is 3.03. The number of anilines is 1. The molecule has 8 heteroatoms. The lowest BCUT2D eigenvalue weighted by Crippen LogP contribution is -2.15. The predicted octanol–water partition coefficient (Wildman–Crippen LogP) is 2.72. The van der Waals surface area contributed by atoms with Gasteiger partial charge in [0.2, 0.25) is 5.91 Å². The number of benzene rings is 1. The van der Waals surface area contributed by atoms with Crippen molar-refractivity contribution in [1.29, 1.82) is 0 Å². The Kier molecular flexibility index (Phi) is 4.63. The molecule has 1 amide bonds. The summed E-state index contributed by atoms with van der Waals surface area (Å²) in [5, 5.41) is 5.59. The summed E-state index contributed by atoms with van der Waals surface area (Å²) in [7, 11) is 1.55. The molecule has 0 saturated carbocycles. The molecule has 0 aliphatic carbocycles. The van der Waals surface area contributed by atoms with Gasteiger partial charge in [0.25, 0.3) is 5.56 Å². The Morgan fingerprint density at radius 1 is 1.39 bits per heavy atom. The van der Waals surface area contributed by atoms with E-state index in [9.17, 15) is 9.59 Å². The van der Waals surface area contributed by atoms with Crippen LogP contribution in [0.4, 0.5) is 5.69 Å². The molecule has 1 aromatic carbocycles. The normalized spacial score (nSPS) is 10.7. The number of ether oxygens (including phenoxy) is 1. The van der Waals surface area contributed by atoms with E-state index in [1.165, 1.54) is 23.1 Å². The molecule has 0 unspecified atom stereocenters. The summed E-state index contributed by atoms with van der Waals surface area (Å²) in [4.78, 5) is 31.6. The van der Waals surface area contributed by atoms with Crippen LogP contribution in [0, 0.1) is 0 Å². The van der Waals surface area contributed by atoms with E-state index in [0.717, 1.165) is 0 Å². The highest BCUT2D eigenvalue weighted by atomic mass is 32.2. The highest BCUT2D eigenvalue weighted by Crippen LogP contribution is 2.24. The number of H-pyrrole nitrogens is 1. The molecule has 0 radical (unpaired) electrons. The van der Waals surface area contributed by atoms with Gasteiger partial charge in [-0.1, -0.05) is 23.9 Å². The minimum atomic E-state index is -0.201. The lowest BCUT2D eigenvalue weighted by Gasteiger charge is -2.09. The second-order valence-corrected chi connectivity index (χ2v) is 6.41. The van der Waals surface area contributed by atoms with Gasteiger partial charge in [-0.25, -0.2) is 4.98 Å². The number of nitrogens with one attached hydrogen (secondary N) is 2. The first-order valence-electron chi connectivity index (χ1n) is 6.70. The molecule has 2 heterocycles. The van der Waals surface area contributed by atoms with Crippen LogP contribution in [0.3, 0.4) is 0 Å². The largest absolute Gasteiger partial charge is 0.495 e. The van der Waals surface area contributed by atoms with Gasteiger partial charge in [-0.05, 0) is 23.6 Å². The zero-order chi connectivity index (χ0) is 16.2. The standard InChI is InChI=1S/C15H13N3O3S2/c1-21-11-5-3-2-4-10(11)16-12(19)8-23-15-17-13(20)9-6-7-22-14(9)18-15/h2-7H,8H2,1H3,(H,16,19)(H,17,18,20). The number of aromatic nitrogens is 2. The SMILES string of the molecule is COc1ccccc1NC(=O)CSc1nc2sccc2c(=O)[nH]1. The molecular formula is C15H13N3O3S2. The number of amides is 1. The Morgan fingerprint density at radius 3 is 3.04 bits per heavy atom. The van der Waals surface area contributed by atoms with E-state index in [1.54, 1.807) is 25.3 Å². The average Bonchev–Trinajstić information content (AvgIpc) is 3.02. The number of carbonyl (C=O) groups excluding carboxylic acids is 1. The van der Waals surface area contributed by atoms with E-state index in [0.29, 0.717) is 26.8 Å². The van der Waals surface area contributed by atoms with Gasteiger partial charge < -0.3 is 15.0 Å². The maximum atomic E-state index is 12.0. The van der Waals surface area contributed by atoms with Crippen LogP contribution < -0.4 is 15.6 Å². The van der Waals surface area contributed by atoms with E-state index < -0.39 is 0 Å². The van der Waals surface area contributed by atoms with Crippen LogP contribution >= 0.6 is 23.1 Å². The molecule has 0 bridgehead atoms. The van der Waals surface area contributed by atoms with Crippen LogP contribution in [0.15, 0.2) is 45.7 Å². The first kappa shape index (κ1) is 15.6. The van der Waals surface area contributed by atoms with Crippen molar-refractivity contribution in [2.75, 3.05) is 18.2 Å². The highest BCUT2D eigenvalue weighted by Gasteiger charge is 2.10. The quantitative estimate of drug-likeness (QED) is 0.548. The number of hydrogen-bond acceptors (Lipinski definition) is 6. The first-order chi connectivity index (χ1) is 11.2. The summed E-state index contributed by atoms with van der Waals surface area (Å²) >= 11 is 2.58. The van der Waals surface area contributed by atoms with Crippen molar-refractivity contribution in [1.82, 2.24) is 9.97 Å². The zero-order valence-electron chi connectivity index (χ0n) is 12.2. The number of para-hydroxylation sites is 2. The Bertz CT molecular complexity index is 904. The number of fused-ring (bicyclic) bond motifs is 1. The van der Waals surface area contributed by atoms with Gasteiger partial charge in [0.15, 0.2) is 5.16 Å². The number of thiophene rings is 1. The number of rotatable bonds is 5. The van der Waals surface area contributed by atoms with Crippen molar-refractivity contribution < 1.29 is 9.53 Å². The van der Waals surface area contributed by atoms with Crippen molar-refractivity contribution in [2.24, 2.45) is 0 Å². The molecule has 6 nitrogen and oxygen atoms in total. The molecule has 0 spiro atoms. The van der Waals surface area contributed by atoms with Crippen LogP contribution in [-0.4, -0.2) is 28.7 Å². The van der Waals surface area contributed by atoms with Crippen molar-refractivity contribution in [3.05, 3.63) is 46.1 Å². The first-order valence-corrected chi connectivity index (χ1v) is 8.57. The smallest absolute Gasteiger partial charge is 0.260 e. The lowest BCUT2D eigenvalue weighted by molar-refractivity contribution is -0.113. The van der Waals surface area contributed by atoms with Gasteiger partial charge in [-0.3, -0.25) is 9.59 Å². The van der Waals surface area contributed by atoms with Gasteiger partial charge in [0.1, 0.15) is 10.6 Å². The summed E-state index contributed by atoms with van der Waals surface area (Å²) in [5.41, 5.74) is 0.416. The summed E-state index contributed by atoms with van der Waals surface area (Å²) in [6.45, 7) is 0. The average molecular weight is 347 g/mol. The molecule has 2 aromatic heterocycles. The molecule has 3 rings (SSSR count). The third-order valence-corrected chi connectivity index (χ3v) is 4.71. The van der Waals surface area contributed by atoms with Gasteiger partial charge in [0, 0.05) is 0 Å². The maximum absolute atomic E-state index is 12.0. The number of methoxy groups -OCH3 is 1. The molecule has 23 heavy (non-hydrogen) atoms. The number of thioether (sulfide) groups is 1. The van der Waals surface area contributed by atoms with E-state index in [1.807, 2.05) is 17.5 Å². The molecule has 0 atom stereocenters. The number of aromatic amines is 1. The summed E-state index contributed by atoms with van der Waals surface area (Å²) in [5.74, 6) is 0.531. The van der Waals surface area contributed by atoms with Crippen LogP contribution in [0.1, 0.15) is 0 Å². The summed E-state index contributed by atoms with van der Waals surface area (Å²) in [6, 6.07) is 8.91. The monoisotopic (exact) mass is 347 g/mol. The summed E-state index contributed by atoms with van der Waals surface area (Å²) < 4.78 is 5.18. The number of nitrogens with zero attached hydrogens (tertiary/aromatic N) is 1. The van der Waals surface area contributed by atoms with Crippen molar-refractivity contribution in [3.8, 4) is 5.75 Å². The molecule has 0 saturated heterocycles. The van der Waals surface area contributed by atoms with Gasteiger partial charge in [-0.15, -0.1) is 11.3 Å². The predicted molar refractivity (Wildman–Crippen MR) is 92.6 cm³/mol. The maximum Gasteiger partial charge on any atom is 0.260 e. The second kappa shape index (κ2) is 6.84. The van der Waals surface area contributed by atoms with Gasteiger partial charge >= 0.3 is 0 Å². The lowest BCUT2D eigenvalue weighted by atomic mass is 10.3. The fourth-order valence-corrected chi connectivity index (χ4v) is 3.46. The zero-order valence-corrected chi connectivity index (χ0v) is 13.8. The number of hydrogen-bond donors (Lipinski definition) is 2. The minimum Gasteiger partial charge on any atom is -0.495 e. The fraction of sp³-hybridized carbons (Fsp3) is 0.133. The van der Waals surface area contributed by atoms with E-state index in [4.69, 9.17) is 4.74 Å². The van der Waals surface area contributed by atoms with Crippen LogP contribution in [-0.2, 0) is 4.79 Å².